The maximum Gasteiger partial charge on any atom is 0.270 e. The van der Waals surface area contributed by atoms with Crippen LogP contribution in [0, 0.1) is 0 Å². The van der Waals surface area contributed by atoms with Gasteiger partial charge in [-0.3, -0.25) is 4.79 Å². The summed E-state index contributed by atoms with van der Waals surface area (Å²) >= 11 is 0. The van der Waals surface area contributed by atoms with E-state index in [1.807, 2.05) is 36.4 Å². The predicted octanol–water partition coefficient (Wildman–Crippen LogP) is 7.53. The van der Waals surface area contributed by atoms with Crippen molar-refractivity contribution >= 4 is 43.9 Å². The number of imidazole rings is 1. The minimum Gasteiger partial charge on any atom is -0.341 e. The molecular formula is C38H38N6O. The molecule has 0 atom stereocenters. The van der Waals surface area contributed by atoms with Crippen molar-refractivity contribution in [2.75, 3.05) is 19.6 Å². The number of nitrogens with zero attached hydrogens (tertiary/aromatic N) is 5. The van der Waals surface area contributed by atoms with E-state index in [1.165, 1.54) is 47.7 Å². The summed E-state index contributed by atoms with van der Waals surface area (Å²) in [6, 6.07) is 29.6. The Kier molecular flexibility index (Phi) is 7.18. The lowest BCUT2D eigenvalue weighted by Crippen LogP contribution is -2.20. The molecule has 45 heavy (non-hydrogen) atoms. The minimum absolute atomic E-state index is 0.148. The summed E-state index contributed by atoms with van der Waals surface area (Å²) in [7, 11) is 0. The lowest BCUT2D eigenvalue weighted by atomic mass is 10.1. The number of rotatable bonds is 9. The Labute approximate surface area is 262 Å². The fourth-order valence-electron chi connectivity index (χ4n) is 7.24. The molecule has 1 N–H and O–H groups in total. The molecule has 1 fully saturated rings. The molecule has 1 aliphatic heterocycles. The first-order valence-electron chi connectivity index (χ1n) is 16.4. The van der Waals surface area contributed by atoms with Crippen LogP contribution in [0.1, 0.15) is 43.9 Å². The van der Waals surface area contributed by atoms with Gasteiger partial charge < -0.3 is 19.0 Å². The molecule has 0 saturated carbocycles. The van der Waals surface area contributed by atoms with Gasteiger partial charge in [-0.1, -0.05) is 48.5 Å². The highest BCUT2D eigenvalue weighted by Crippen LogP contribution is 2.34. The summed E-state index contributed by atoms with van der Waals surface area (Å²) in [6.45, 7) is 7.61. The SMILES string of the molecule is CCn1c2ccccc2c2cc(-c3nc4cc5[nH]c(=O)c(Cc6ccccc6)nc5cc4n3CCCCN3CCCC3)ccc21. The lowest BCUT2D eigenvalue weighted by Gasteiger charge is -2.15. The van der Waals surface area contributed by atoms with Crippen LogP contribution in [-0.2, 0) is 19.5 Å². The average molecular weight is 595 g/mol. The first kappa shape index (κ1) is 27.8. The molecule has 0 unspecified atom stereocenters. The normalized spacial score (nSPS) is 14.1. The predicted molar refractivity (Wildman–Crippen MR) is 184 cm³/mol. The van der Waals surface area contributed by atoms with Gasteiger partial charge in [-0.25, -0.2) is 9.97 Å². The van der Waals surface area contributed by atoms with Crippen molar-refractivity contribution in [2.45, 2.75) is 52.1 Å². The number of aromatic nitrogens is 5. The van der Waals surface area contributed by atoms with Crippen molar-refractivity contribution in [3.05, 3.63) is 107 Å². The monoisotopic (exact) mass is 594 g/mol. The standard InChI is InChI=1S/C38H38N6O/c1-2-43-34-15-7-6-14-28(34)29-23-27(16-17-35(29)43)37-40-32-24-30-31(39-33(38(45)41-30)22-26-12-4-3-5-13-26)25-36(32)44(37)21-11-10-20-42-18-8-9-19-42/h3-7,12-17,23-25H,2,8-11,18-22H2,1H3,(H,41,45). The third-order valence-corrected chi connectivity index (χ3v) is 9.50. The van der Waals surface area contributed by atoms with Crippen molar-refractivity contribution in [1.82, 2.24) is 29.0 Å². The smallest absolute Gasteiger partial charge is 0.270 e. The fraction of sp³-hybridized carbons (Fsp3) is 0.289. The van der Waals surface area contributed by atoms with Crippen LogP contribution in [0.2, 0.25) is 0 Å². The molecule has 0 bridgehead atoms. The summed E-state index contributed by atoms with van der Waals surface area (Å²) < 4.78 is 4.76. The molecule has 0 spiro atoms. The fourth-order valence-corrected chi connectivity index (χ4v) is 7.24. The number of unbranched alkanes of at least 4 members (excludes halogenated alkanes) is 1. The van der Waals surface area contributed by atoms with E-state index in [9.17, 15) is 4.79 Å². The molecule has 7 heteroatoms. The Morgan fingerprint density at radius 1 is 0.733 bits per heavy atom. The van der Waals surface area contributed by atoms with E-state index < -0.39 is 0 Å². The highest BCUT2D eigenvalue weighted by atomic mass is 16.1. The molecule has 1 saturated heterocycles. The molecule has 4 aromatic carbocycles. The van der Waals surface area contributed by atoms with E-state index in [-0.39, 0.29) is 5.56 Å². The van der Waals surface area contributed by atoms with Gasteiger partial charge in [-0.15, -0.1) is 0 Å². The van der Waals surface area contributed by atoms with Gasteiger partial charge in [-0.2, -0.15) is 0 Å². The Morgan fingerprint density at radius 2 is 1.51 bits per heavy atom. The second-order valence-electron chi connectivity index (χ2n) is 12.4. The van der Waals surface area contributed by atoms with Crippen molar-refractivity contribution in [3.63, 3.8) is 0 Å². The number of benzene rings is 4. The van der Waals surface area contributed by atoms with Crippen molar-refractivity contribution in [3.8, 4) is 11.4 Å². The van der Waals surface area contributed by atoms with Gasteiger partial charge in [0.1, 0.15) is 11.5 Å². The number of H-pyrrole nitrogens is 1. The summed E-state index contributed by atoms with van der Waals surface area (Å²) in [4.78, 5) is 28.9. The number of hydrogen-bond acceptors (Lipinski definition) is 4. The van der Waals surface area contributed by atoms with Crippen LogP contribution in [0.5, 0.6) is 0 Å². The molecule has 4 heterocycles. The van der Waals surface area contributed by atoms with Crippen LogP contribution in [0.15, 0.2) is 89.7 Å². The van der Waals surface area contributed by atoms with Crippen LogP contribution in [0.25, 0.3) is 55.3 Å². The molecule has 0 amide bonds. The third-order valence-electron chi connectivity index (χ3n) is 9.50. The Morgan fingerprint density at radius 3 is 2.36 bits per heavy atom. The van der Waals surface area contributed by atoms with Gasteiger partial charge >= 0.3 is 0 Å². The second-order valence-corrected chi connectivity index (χ2v) is 12.4. The van der Waals surface area contributed by atoms with Crippen LogP contribution < -0.4 is 5.56 Å². The molecule has 7 aromatic rings. The Hall–Kier alpha value is -4.75. The topological polar surface area (TPSA) is 71.7 Å². The molecule has 0 aliphatic carbocycles. The minimum atomic E-state index is -0.148. The van der Waals surface area contributed by atoms with E-state index in [2.05, 4.69) is 74.5 Å². The van der Waals surface area contributed by atoms with Crippen LogP contribution >= 0.6 is 0 Å². The molecule has 3 aromatic heterocycles. The number of aryl methyl sites for hydroxylation is 2. The Bertz CT molecular complexity index is 2220. The zero-order valence-corrected chi connectivity index (χ0v) is 25.8. The average Bonchev–Trinajstić information content (AvgIpc) is 3.79. The van der Waals surface area contributed by atoms with Gasteiger partial charge in [0.05, 0.1) is 22.1 Å². The molecule has 0 radical (unpaired) electrons. The molecular weight excluding hydrogens is 556 g/mol. The largest absolute Gasteiger partial charge is 0.341 e. The zero-order valence-electron chi connectivity index (χ0n) is 25.8. The number of aromatic amines is 1. The summed E-state index contributed by atoms with van der Waals surface area (Å²) in [5.74, 6) is 0.962. The van der Waals surface area contributed by atoms with E-state index in [0.717, 1.165) is 71.5 Å². The van der Waals surface area contributed by atoms with Crippen molar-refractivity contribution in [2.24, 2.45) is 0 Å². The third kappa shape index (κ3) is 5.11. The molecule has 7 nitrogen and oxygen atoms in total. The summed E-state index contributed by atoms with van der Waals surface area (Å²) in [6.07, 6.45) is 5.37. The Balaban J connectivity index is 1.24. The number of fused-ring (bicyclic) bond motifs is 5. The van der Waals surface area contributed by atoms with E-state index in [4.69, 9.17) is 9.97 Å². The summed E-state index contributed by atoms with van der Waals surface area (Å²) in [5, 5.41) is 2.52. The van der Waals surface area contributed by atoms with Gasteiger partial charge in [0.2, 0.25) is 0 Å². The van der Waals surface area contributed by atoms with Gasteiger partial charge in [0, 0.05) is 46.9 Å². The van der Waals surface area contributed by atoms with Crippen LogP contribution in [-0.4, -0.2) is 48.6 Å². The highest BCUT2D eigenvalue weighted by Gasteiger charge is 2.18. The maximum absolute atomic E-state index is 13.1. The van der Waals surface area contributed by atoms with E-state index in [1.54, 1.807) is 0 Å². The summed E-state index contributed by atoms with van der Waals surface area (Å²) in [5.41, 5.74) is 8.50. The number of likely N-dealkylation sites (tertiary alicyclic amines) is 1. The first-order chi connectivity index (χ1) is 22.2. The van der Waals surface area contributed by atoms with Crippen LogP contribution in [0.4, 0.5) is 0 Å². The van der Waals surface area contributed by atoms with Crippen molar-refractivity contribution < 1.29 is 0 Å². The van der Waals surface area contributed by atoms with E-state index in [0.29, 0.717) is 12.1 Å². The first-order valence-corrected chi connectivity index (χ1v) is 16.4. The van der Waals surface area contributed by atoms with Gasteiger partial charge in [0.15, 0.2) is 0 Å². The van der Waals surface area contributed by atoms with Crippen LogP contribution in [0.3, 0.4) is 0 Å². The quantitative estimate of drug-likeness (QED) is 0.175. The van der Waals surface area contributed by atoms with Crippen molar-refractivity contribution in [1.29, 1.82) is 0 Å². The molecule has 226 valence electrons. The highest BCUT2D eigenvalue weighted by molar-refractivity contribution is 6.09. The molecule has 1 aliphatic rings. The molecule has 8 rings (SSSR count). The second kappa shape index (κ2) is 11.6. The lowest BCUT2D eigenvalue weighted by molar-refractivity contribution is 0.327. The maximum atomic E-state index is 13.1. The number of hydrogen-bond donors (Lipinski definition) is 1. The number of nitrogens with one attached hydrogen (secondary N) is 1. The van der Waals surface area contributed by atoms with E-state index >= 15 is 0 Å². The van der Waals surface area contributed by atoms with Gasteiger partial charge in [0.25, 0.3) is 5.56 Å². The zero-order chi connectivity index (χ0) is 30.3. The number of para-hydroxylation sites is 1. The van der Waals surface area contributed by atoms with Gasteiger partial charge in [-0.05, 0) is 94.2 Å².